The van der Waals surface area contributed by atoms with Gasteiger partial charge in [0.15, 0.2) is 0 Å². The summed E-state index contributed by atoms with van der Waals surface area (Å²) in [5.41, 5.74) is -0.415. The van der Waals surface area contributed by atoms with Crippen LogP contribution in [-0.2, 0) is 4.74 Å². The predicted octanol–water partition coefficient (Wildman–Crippen LogP) is 1.26. The van der Waals surface area contributed by atoms with Gasteiger partial charge in [0, 0.05) is 18.6 Å². The van der Waals surface area contributed by atoms with Gasteiger partial charge in [0.1, 0.15) is 5.60 Å². The third-order valence-corrected chi connectivity index (χ3v) is 2.07. The van der Waals surface area contributed by atoms with Gasteiger partial charge in [0.25, 0.3) is 0 Å². The molecule has 1 saturated heterocycles. The van der Waals surface area contributed by atoms with Gasteiger partial charge in [-0.1, -0.05) is 0 Å². The van der Waals surface area contributed by atoms with E-state index in [2.05, 4.69) is 17.6 Å². The van der Waals surface area contributed by atoms with Crippen molar-refractivity contribution < 1.29 is 9.53 Å². The molecule has 0 bridgehead atoms. The number of ether oxygens (including phenoxy) is 1. The van der Waals surface area contributed by atoms with Crippen molar-refractivity contribution in [3.8, 4) is 0 Å². The molecule has 0 spiro atoms. The van der Waals surface area contributed by atoms with Crippen LogP contribution in [0, 0.1) is 0 Å². The van der Waals surface area contributed by atoms with E-state index in [0.29, 0.717) is 6.04 Å². The Hall–Kier alpha value is -0.770. The quantitative estimate of drug-likeness (QED) is 0.670. The summed E-state index contributed by atoms with van der Waals surface area (Å²) in [5, 5.41) is 6.11. The van der Waals surface area contributed by atoms with Crippen molar-refractivity contribution in [3.05, 3.63) is 0 Å². The molecular weight excluding hydrogens is 180 g/mol. The summed E-state index contributed by atoms with van der Waals surface area (Å²) in [5.74, 6) is 0. The molecule has 1 rings (SSSR count). The van der Waals surface area contributed by atoms with Crippen LogP contribution in [0.25, 0.3) is 0 Å². The minimum atomic E-state index is -0.415. The van der Waals surface area contributed by atoms with Gasteiger partial charge in [0.05, 0.1) is 0 Å². The van der Waals surface area contributed by atoms with E-state index in [-0.39, 0.29) is 12.1 Å². The lowest BCUT2D eigenvalue weighted by Gasteiger charge is -2.21. The number of hydrogen-bond donors (Lipinski definition) is 2. The predicted molar refractivity (Wildman–Crippen MR) is 55.2 cm³/mol. The number of rotatable bonds is 1. The first kappa shape index (κ1) is 11.3. The molecule has 14 heavy (non-hydrogen) atoms. The molecule has 0 radical (unpaired) electrons. The zero-order chi connectivity index (χ0) is 10.8. The average molecular weight is 200 g/mol. The lowest BCUT2D eigenvalue weighted by Crippen LogP contribution is -2.40. The van der Waals surface area contributed by atoms with E-state index in [1.807, 2.05) is 20.8 Å². The molecular formula is C10H20N2O2. The zero-order valence-electron chi connectivity index (χ0n) is 9.39. The van der Waals surface area contributed by atoms with Gasteiger partial charge in [-0.25, -0.2) is 4.79 Å². The molecule has 1 aliphatic rings. The Bertz CT molecular complexity index is 211. The van der Waals surface area contributed by atoms with E-state index >= 15 is 0 Å². The maximum atomic E-state index is 11.4. The molecule has 1 fully saturated rings. The summed E-state index contributed by atoms with van der Waals surface area (Å²) in [4.78, 5) is 11.4. The van der Waals surface area contributed by atoms with Gasteiger partial charge in [-0.2, -0.15) is 0 Å². The van der Waals surface area contributed by atoms with Gasteiger partial charge >= 0.3 is 6.09 Å². The molecule has 2 atom stereocenters. The highest BCUT2D eigenvalue weighted by Gasteiger charge is 2.24. The molecule has 0 aromatic rings. The van der Waals surface area contributed by atoms with Crippen LogP contribution in [0.1, 0.15) is 34.1 Å². The van der Waals surface area contributed by atoms with Gasteiger partial charge in [-0.05, 0) is 34.1 Å². The number of carbonyl (C=O) groups excluding carboxylic acids is 1. The van der Waals surface area contributed by atoms with E-state index in [1.165, 1.54) is 0 Å². The van der Waals surface area contributed by atoms with Crippen LogP contribution in [0.5, 0.6) is 0 Å². The Labute approximate surface area is 85.4 Å². The molecule has 1 heterocycles. The number of alkyl carbamates (subject to hydrolysis) is 1. The summed E-state index contributed by atoms with van der Waals surface area (Å²) < 4.78 is 5.16. The summed E-state index contributed by atoms with van der Waals surface area (Å²) in [7, 11) is 0. The molecule has 0 aromatic carbocycles. The second-order valence-electron chi connectivity index (χ2n) is 4.89. The Kier molecular flexibility index (Phi) is 3.37. The minimum Gasteiger partial charge on any atom is -0.444 e. The number of amides is 1. The zero-order valence-corrected chi connectivity index (χ0v) is 9.39. The molecule has 1 unspecified atom stereocenters. The third kappa shape index (κ3) is 3.96. The Morgan fingerprint density at radius 3 is 2.57 bits per heavy atom. The van der Waals surface area contributed by atoms with Crippen LogP contribution in [0.2, 0.25) is 0 Å². The number of nitrogens with one attached hydrogen (secondary N) is 2. The standard InChI is InChI=1S/C10H20N2O2/c1-7-5-8(6-11-7)12-9(13)14-10(2,3)4/h7-8,11H,5-6H2,1-4H3,(H,12,13)/t7?,8-/m0/s1. The number of carbonyl (C=O) groups is 1. The molecule has 1 aliphatic heterocycles. The van der Waals surface area contributed by atoms with Crippen molar-refractivity contribution in [2.75, 3.05) is 6.54 Å². The summed E-state index contributed by atoms with van der Waals surface area (Å²) in [6.45, 7) is 8.53. The first-order valence-electron chi connectivity index (χ1n) is 5.10. The smallest absolute Gasteiger partial charge is 0.407 e. The summed E-state index contributed by atoms with van der Waals surface area (Å²) in [6, 6.07) is 0.690. The van der Waals surface area contributed by atoms with Gasteiger partial charge in [-0.3, -0.25) is 0 Å². The Morgan fingerprint density at radius 1 is 1.50 bits per heavy atom. The fraction of sp³-hybridized carbons (Fsp3) is 0.900. The molecule has 0 aliphatic carbocycles. The summed E-state index contributed by atoms with van der Waals surface area (Å²) in [6.07, 6.45) is 0.651. The van der Waals surface area contributed by atoms with Crippen molar-refractivity contribution >= 4 is 6.09 Å². The Balaban J connectivity index is 2.27. The van der Waals surface area contributed by atoms with Crippen LogP contribution in [-0.4, -0.2) is 30.3 Å². The molecule has 0 saturated carbocycles. The maximum absolute atomic E-state index is 11.4. The van der Waals surface area contributed by atoms with Gasteiger partial charge in [-0.15, -0.1) is 0 Å². The minimum absolute atomic E-state index is 0.208. The largest absolute Gasteiger partial charge is 0.444 e. The van der Waals surface area contributed by atoms with Crippen LogP contribution >= 0.6 is 0 Å². The van der Waals surface area contributed by atoms with Crippen molar-refractivity contribution in [2.45, 2.75) is 51.8 Å². The lowest BCUT2D eigenvalue weighted by atomic mass is 10.2. The highest BCUT2D eigenvalue weighted by molar-refractivity contribution is 5.68. The van der Waals surface area contributed by atoms with Gasteiger partial charge in [0.2, 0.25) is 0 Å². The van der Waals surface area contributed by atoms with Crippen molar-refractivity contribution in [3.63, 3.8) is 0 Å². The second kappa shape index (κ2) is 4.17. The molecule has 82 valence electrons. The van der Waals surface area contributed by atoms with Gasteiger partial charge < -0.3 is 15.4 Å². The molecule has 0 aromatic heterocycles. The van der Waals surface area contributed by atoms with Crippen LogP contribution in [0.4, 0.5) is 4.79 Å². The SMILES string of the molecule is CC1C[C@H](NC(=O)OC(C)(C)C)CN1. The molecule has 4 nitrogen and oxygen atoms in total. The first-order valence-corrected chi connectivity index (χ1v) is 5.10. The Morgan fingerprint density at radius 2 is 2.14 bits per heavy atom. The van der Waals surface area contributed by atoms with E-state index in [9.17, 15) is 4.79 Å². The van der Waals surface area contributed by atoms with E-state index in [1.54, 1.807) is 0 Å². The maximum Gasteiger partial charge on any atom is 0.407 e. The fourth-order valence-electron chi connectivity index (χ4n) is 1.52. The lowest BCUT2D eigenvalue weighted by molar-refractivity contribution is 0.0508. The monoisotopic (exact) mass is 200 g/mol. The first-order chi connectivity index (χ1) is 6.37. The van der Waals surface area contributed by atoms with E-state index in [4.69, 9.17) is 4.74 Å². The van der Waals surface area contributed by atoms with Crippen LogP contribution < -0.4 is 10.6 Å². The number of hydrogen-bond acceptors (Lipinski definition) is 3. The second-order valence-corrected chi connectivity index (χ2v) is 4.89. The molecule has 1 amide bonds. The fourth-order valence-corrected chi connectivity index (χ4v) is 1.52. The third-order valence-electron chi connectivity index (χ3n) is 2.07. The van der Waals surface area contributed by atoms with E-state index < -0.39 is 5.60 Å². The van der Waals surface area contributed by atoms with Crippen molar-refractivity contribution in [1.29, 1.82) is 0 Å². The highest BCUT2D eigenvalue weighted by Crippen LogP contribution is 2.09. The van der Waals surface area contributed by atoms with Crippen LogP contribution in [0.15, 0.2) is 0 Å². The van der Waals surface area contributed by atoms with Crippen molar-refractivity contribution in [2.24, 2.45) is 0 Å². The topological polar surface area (TPSA) is 50.4 Å². The van der Waals surface area contributed by atoms with Crippen LogP contribution in [0.3, 0.4) is 0 Å². The van der Waals surface area contributed by atoms with E-state index in [0.717, 1.165) is 13.0 Å². The van der Waals surface area contributed by atoms with Crippen molar-refractivity contribution in [1.82, 2.24) is 10.6 Å². The normalized spacial score (nSPS) is 27.4. The molecule has 4 heteroatoms. The summed E-state index contributed by atoms with van der Waals surface area (Å²) >= 11 is 0. The molecule has 2 N–H and O–H groups in total. The highest BCUT2D eigenvalue weighted by atomic mass is 16.6. The average Bonchev–Trinajstić information content (AvgIpc) is 2.30.